The molecule has 0 radical (unpaired) electrons. The number of methoxy groups -OCH3 is 1. The third-order valence-corrected chi connectivity index (χ3v) is 4.49. The second kappa shape index (κ2) is 9.01. The third kappa shape index (κ3) is 4.78. The van der Waals surface area contributed by atoms with Crippen LogP contribution in [-0.4, -0.2) is 37.6 Å². The first-order valence-electron chi connectivity index (χ1n) is 9.05. The van der Waals surface area contributed by atoms with Crippen LogP contribution in [0.15, 0.2) is 59.0 Å². The van der Waals surface area contributed by atoms with Crippen molar-refractivity contribution in [3.63, 3.8) is 0 Å². The summed E-state index contributed by atoms with van der Waals surface area (Å²) >= 11 is 0. The molecule has 0 spiro atoms. The van der Waals surface area contributed by atoms with E-state index in [4.69, 9.17) is 13.9 Å². The van der Waals surface area contributed by atoms with Gasteiger partial charge in [0.15, 0.2) is 18.1 Å². The number of benzene rings is 2. The summed E-state index contributed by atoms with van der Waals surface area (Å²) in [7, 11) is 3.13. The number of hydrogen-bond donors (Lipinski definition) is 2. The Balaban J connectivity index is 1.50. The minimum absolute atomic E-state index is 0.274. The van der Waals surface area contributed by atoms with E-state index in [-0.39, 0.29) is 12.6 Å². The smallest absolute Gasteiger partial charge is 0.336 e. The Hall–Kier alpha value is -3.68. The first-order valence-corrected chi connectivity index (χ1v) is 9.05. The van der Waals surface area contributed by atoms with Crippen molar-refractivity contribution in [1.82, 2.24) is 15.8 Å². The van der Waals surface area contributed by atoms with Crippen LogP contribution in [0.25, 0.3) is 11.0 Å². The second-order valence-electron chi connectivity index (χ2n) is 6.39. The molecule has 8 heteroatoms. The van der Waals surface area contributed by atoms with Gasteiger partial charge in [0.2, 0.25) is 0 Å². The number of hydrogen-bond acceptors (Lipinski definition) is 5. The number of carbonyl (C=O) groups excluding carboxylic acids is 2. The summed E-state index contributed by atoms with van der Waals surface area (Å²) in [5, 5.41) is 0.963. The molecular weight excluding hydrogens is 374 g/mol. The average molecular weight is 397 g/mol. The molecule has 1 heterocycles. The van der Waals surface area contributed by atoms with Crippen molar-refractivity contribution < 1.29 is 23.5 Å². The van der Waals surface area contributed by atoms with Crippen LogP contribution in [0.4, 0.5) is 4.79 Å². The predicted molar refractivity (Wildman–Crippen MR) is 108 cm³/mol. The normalized spacial score (nSPS) is 11.6. The number of fused-ring (bicyclic) bond motifs is 1. The maximum absolute atomic E-state index is 12.3. The molecule has 1 atom stereocenters. The lowest BCUT2D eigenvalue weighted by Gasteiger charge is -2.23. The number of amides is 3. The van der Waals surface area contributed by atoms with E-state index < -0.39 is 11.9 Å². The Morgan fingerprint density at radius 3 is 2.48 bits per heavy atom. The van der Waals surface area contributed by atoms with Crippen LogP contribution in [-0.2, 0) is 4.79 Å². The molecule has 0 bridgehead atoms. The van der Waals surface area contributed by atoms with Gasteiger partial charge in [-0.2, -0.15) is 0 Å². The quantitative estimate of drug-likeness (QED) is 0.623. The summed E-state index contributed by atoms with van der Waals surface area (Å²) in [5.74, 6) is 1.10. The van der Waals surface area contributed by atoms with Crippen LogP contribution in [0.1, 0.15) is 18.7 Å². The molecule has 152 valence electrons. The molecule has 0 fully saturated rings. The van der Waals surface area contributed by atoms with E-state index in [9.17, 15) is 9.59 Å². The van der Waals surface area contributed by atoms with Crippen LogP contribution >= 0.6 is 0 Å². The Morgan fingerprint density at radius 2 is 1.76 bits per heavy atom. The molecule has 0 aliphatic rings. The summed E-state index contributed by atoms with van der Waals surface area (Å²) < 4.78 is 16.4. The molecule has 0 unspecified atom stereocenters. The summed E-state index contributed by atoms with van der Waals surface area (Å²) in [6.07, 6.45) is 0. The van der Waals surface area contributed by atoms with E-state index in [0.29, 0.717) is 17.3 Å². The fourth-order valence-electron chi connectivity index (χ4n) is 2.70. The number of urea groups is 1. The van der Waals surface area contributed by atoms with Gasteiger partial charge in [0.25, 0.3) is 5.91 Å². The van der Waals surface area contributed by atoms with Gasteiger partial charge < -0.3 is 18.8 Å². The highest BCUT2D eigenvalue weighted by Gasteiger charge is 2.21. The van der Waals surface area contributed by atoms with Gasteiger partial charge in [0.1, 0.15) is 11.3 Å². The first-order chi connectivity index (χ1) is 14.0. The van der Waals surface area contributed by atoms with E-state index in [0.717, 1.165) is 11.0 Å². The van der Waals surface area contributed by atoms with E-state index in [2.05, 4.69) is 10.9 Å². The summed E-state index contributed by atoms with van der Waals surface area (Å²) in [6.45, 7) is 1.56. The molecule has 0 aliphatic carbocycles. The molecule has 2 aromatic carbocycles. The lowest BCUT2D eigenvalue weighted by Crippen LogP contribution is -2.49. The maximum Gasteiger partial charge on any atom is 0.336 e. The highest BCUT2D eigenvalue weighted by atomic mass is 16.5. The van der Waals surface area contributed by atoms with Crippen LogP contribution in [0.2, 0.25) is 0 Å². The van der Waals surface area contributed by atoms with Crippen molar-refractivity contribution in [2.24, 2.45) is 0 Å². The van der Waals surface area contributed by atoms with Gasteiger partial charge >= 0.3 is 6.03 Å². The molecule has 0 saturated carbocycles. The number of rotatable bonds is 6. The highest BCUT2D eigenvalue weighted by molar-refractivity contribution is 5.82. The molecule has 1 aromatic heterocycles. The molecular formula is C21H23N3O5. The van der Waals surface area contributed by atoms with Gasteiger partial charge in [0, 0.05) is 12.4 Å². The number of ether oxygens (including phenoxy) is 2. The zero-order valence-electron chi connectivity index (χ0n) is 16.5. The van der Waals surface area contributed by atoms with Crippen molar-refractivity contribution >= 4 is 22.9 Å². The van der Waals surface area contributed by atoms with Gasteiger partial charge in [-0.1, -0.05) is 30.3 Å². The molecule has 3 amide bonds. The van der Waals surface area contributed by atoms with Gasteiger partial charge in [0.05, 0.1) is 13.2 Å². The minimum Gasteiger partial charge on any atom is -0.493 e. The third-order valence-electron chi connectivity index (χ3n) is 4.49. The Labute approximate surface area is 168 Å². The molecule has 3 aromatic rings. The summed E-state index contributed by atoms with van der Waals surface area (Å²) in [6, 6.07) is 15.7. The molecule has 8 nitrogen and oxygen atoms in total. The van der Waals surface area contributed by atoms with Crippen molar-refractivity contribution in [2.45, 2.75) is 13.0 Å². The summed E-state index contributed by atoms with van der Waals surface area (Å²) in [5.41, 5.74) is 5.45. The van der Waals surface area contributed by atoms with Crippen molar-refractivity contribution in [3.8, 4) is 11.5 Å². The Bertz CT molecular complexity index is 968. The fraction of sp³-hybridized carbons (Fsp3) is 0.238. The molecule has 3 rings (SSSR count). The van der Waals surface area contributed by atoms with Crippen LogP contribution < -0.4 is 20.3 Å². The molecule has 0 saturated heterocycles. The molecule has 2 N–H and O–H groups in total. The molecule has 0 aliphatic heterocycles. The SMILES string of the molecule is COc1ccccc1OCC(=O)NNC(=O)N(C)[C@H](C)c1cc2ccccc2o1. The largest absolute Gasteiger partial charge is 0.493 e. The zero-order chi connectivity index (χ0) is 20.8. The van der Waals surface area contributed by atoms with E-state index >= 15 is 0 Å². The maximum atomic E-state index is 12.3. The van der Waals surface area contributed by atoms with Crippen molar-refractivity contribution in [2.75, 3.05) is 20.8 Å². The van der Waals surface area contributed by atoms with Crippen LogP contribution in [0.5, 0.6) is 11.5 Å². The number of para-hydroxylation sites is 3. The van der Waals surface area contributed by atoms with Gasteiger partial charge in [-0.05, 0) is 31.2 Å². The van der Waals surface area contributed by atoms with Crippen LogP contribution in [0, 0.1) is 0 Å². The summed E-state index contributed by atoms with van der Waals surface area (Å²) in [4.78, 5) is 25.8. The Kier molecular flexibility index (Phi) is 6.23. The van der Waals surface area contributed by atoms with Gasteiger partial charge in [-0.25, -0.2) is 10.2 Å². The van der Waals surface area contributed by atoms with Crippen molar-refractivity contribution in [3.05, 3.63) is 60.4 Å². The lowest BCUT2D eigenvalue weighted by atomic mass is 10.2. The Morgan fingerprint density at radius 1 is 1.07 bits per heavy atom. The second-order valence-corrected chi connectivity index (χ2v) is 6.39. The van der Waals surface area contributed by atoms with Crippen molar-refractivity contribution in [1.29, 1.82) is 0 Å². The average Bonchev–Trinajstić information content (AvgIpc) is 3.19. The predicted octanol–water partition coefficient (Wildman–Crippen LogP) is 3.25. The number of nitrogens with zero attached hydrogens (tertiary/aromatic N) is 1. The van der Waals surface area contributed by atoms with E-state index in [1.54, 1.807) is 31.3 Å². The van der Waals surface area contributed by atoms with E-state index in [1.807, 2.05) is 37.3 Å². The monoisotopic (exact) mass is 397 g/mol. The minimum atomic E-state index is -0.506. The topological polar surface area (TPSA) is 93.0 Å². The highest BCUT2D eigenvalue weighted by Crippen LogP contribution is 2.27. The lowest BCUT2D eigenvalue weighted by molar-refractivity contribution is -0.123. The number of hydrazine groups is 1. The fourth-order valence-corrected chi connectivity index (χ4v) is 2.70. The van der Waals surface area contributed by atoms with Crippen LogP contribution in [0.3, 0.4) is 0 Å². The van der Waals surface area contributed by atoms with Gasteiger partial charge in [-0.3, -0.25) is 10.2 Å². The zero-order valence-corrected chi connectivity index (χ0v) is 16.5. The van der Waals surface area contributed by atoms with E-state index in [1.165, 1.54) is 12.0 Å². The first kappa shape index (κ1) is 20.1. The number of furan rings is 1. The standard InChI is InChI=1S/C21H23N3O5/c1-14(19-12-15-8-4-5-9-16(15)29-19)24(2)21(26)23-22-20(25)13-28-18-11-7-6-10-17(18)27-3/h4-12,14H,13H2,1-3H3,(H,22,25)(H,23,26)/t14-/m1/s1. The number of nitrogens with one attached hydrogen (secondary N) is 2. The van der Waals surface area contributed by atoms with Gasteiger partial charge in [-0.15, -0.1) is 0 Å². The molecule has 29 heavy (non-hydrogen) atoms. The number of carbonyl (C=O) groups is 2.